The summed E-state index contributed by atoms with van der Waals surface area (Å²) in [5, 5.41) is 18.0. The number of nitro groups is 1. The maximum atomic E-state index is 11.3. The lowest BCUT2D eigenvalue weighted by Crippen LogP contribution is -1.99. The van der Waals surface area contributed by atoms with Crippen molar-refractivity contribution in [2.24, 2.45) is 5.10 Å². The number of rotatable bonds is 7. The van der Waals surface area contributed by atoms with Gasteiger partial charge in [0.1, 0.15) is 5.75 Å². The molecule has 0 aliphatic carbocycles. The van der Waals surface area contributed by atoms with Crippen LogP contribution in [-0.4, -0.2) is 30.3 Å². The molecule has 3 rings (SSSR count). The van der Waals surface area contributed by atoms with Crippen molar-refractivity contribution in [2.75, 3.05) is 19.6 Å². The maximum Gasteiger partial charge on any atom is 0.311 e. The van der Waals surface area contributed by atoms with Crippen LogP contribution >= 0.6 is 11.3 Å². The summed E-state index contributed by atoms with van der Waals surface area (Å²) in [5.41, 5.74) is 8.71. The van der Waals surface area contributed by atoms with E-state index in [0.29, 0.717) is 16.4 Å². The van der Waals surface area contributed by atoms with E-state index < -0.39 is 4.92 Å². The number of aryl methyl sites for hydroxylation is 3. The standard InChI is InChI=1S/C21H22N4O4S/c1-12-6-13(2)20(14(3)7-12)16-11-30-21(23-16)24-22-10-15-8-17(25(26)27)19(29-5)9-18(15)28-4/h6-11H,1-5H3,(H,23,24)/b22-10-. The molecule has 156 valence electrons. The molecule has 2 aromatic carbocycles. The van der Waals surface area contributed by atoms with Crippen LogP contribution in [0.1, 0.15) is 22.3 Å². The van der Waals surface area contributed by atoms with Gasteiger partial charge in [0.2, 0.25) is 10.9 Å². The fourth-order valence-electron chi connectivity index (χ4n) is 3.33. The Balaban J connectivity index is 1.83. The molecule has 9 heteroatoms. The molecule has 8 nitrogen and oxygen atoms in total. The van der Waals surface area contributed by atoms with E-state index in [9.17, 15) is 10.1 Å². The number of hydrogen-bond donors (Lipinski definition) is 1. The van der Waals surface area contributed by atoms with E-state index in [0.717, 1.165) is 11.3 Å². The molecule has 0 aliphatic rings. The highest BCUT2D eigenvalue weighted by Gasteiger charge is 2.19. The number of nitrogens with one attached hydrogen (secondary N) is 1. The molecule has 0 amide bonds. The van der Waals surface area contributed by atoms with Gasteiger partial charge in [-0.25, -0.2) is 4.98 Å². The first-order chi connectivity index (χ1) is 14.3. The molecule has 0 saturated carbocycles. The Kier molecular flexibility index (Phi) is 6.31. The van der Waals surface area contributed by atoms with E-state index in [1.54, 1.807) is 0 Å². The predicted molar refractivity (Wildman–Crippen MR) is 119 cm³/mol. The minimum Gasteiger partial charge on any atom is -0.496 e. The molecule has 1 heterocycles. The van der Waals surface area contributed by atoms with Crippen molar-refractivity contribution in [1.29, 1.82) is 0 Å². The molecule has 0 spiro atoms. The van der Waals surface area contributed by atoms with Crippen LogP contribution in [0, 0.1) is 30.9 Å². The first-order valence-electron chi connectivity index (χ1n) is 9.07. The molecule has 30 heavy (non-hydrogen) atoms. The van der Waals surface area contributed by atoms with Crippen LogP contribution in [0.2, 0.25) is 0 Å². The molecule has 0 fully saturated rings. The Morgan fingerprint density at radius 2 is 1.77 bits per heavy atom. The van der Waals surface area contributed by atoms with Crippen molar-refractivity contribution in [1.82, 2.24) is 4.98 Å². The summed E-state index contributed by atoms with van der Waals surface area (Å²) in [7, 11) is 2.85. The summed E-state index contributed by atoms with van der Waals surface area (Å²) in [6.45, 7) is 6.22. The molecule has 1 N–H and O–H groups in total. The topological polar surface area (TPSA) is 98.9 Å². The van der Waals surface area contributed by atoms with Gasteiger partial charge in [-0.2, -0.15) is 5.10 Å². The third-order valence-electron chi connectivity index (χ3n) is 4.53. The van der Waals surface area contributed by atoms with Crippen LogP contribution in [0.3, 0.4) is 0 Å². The maximum absolute atomic E-state index is 11.3. The molecular formula is C21H22N4O4S. The molecular weight excluding hydrogens is 404 g/mol. The number of ether oxygens (including phenoxy) is 2. The van der Waals surface area contributed by atoms with Crippen LogP contribution in [0.4, 0.5) is 10.8 Å². The van der Waals surface area contributed by atoms with Gasteiger partial charge < -0.3 is 9.47 Å². The first kappa shape index (κ1) is 21.3. The van der Waals surface area contributed by atoms with Crippen molar-refractivity contribution >= 4 is 28.4 Å². The van der Waals surface area contributed by atoms with Crippen molar-refractivity contribution < 1.29 is 14.4 Å². The van der Waals surface area contributed by atoms with Gasteiger partial charge in [-0.15, -0.1) is 11.3 Å². The van der Waals surface area contributed by atoms with Gasteiger partial charge in [0.05, 0.1) is 31.1 Å². The Morgan fingerprint density at radius 3 is 2.37 bits per heavy atom. The van der Waals surface area contributed by atoms with Crippen LogP contribution < -0.4 is 14.9 Å². The molecule has 0 atom stereocenters. The van der Waals surface area contributed by atoms with E-state index in [1.807, 2.05) is 5.38 Å². The Morgan fingerprint density at radius 1 is 1.10 bits per heavy atom. The van der Waals surface area contributed by atoms with Crippen molar-refractivity contribution in [2.45, 2.75) is 20.8 Å². The van der Waals surface area contributed by atoms with E-state index >= 15 is 0 Å². The van der Waals surface area contributed by atoms with E-state index in [1.165, 1.54) is 60.6 Å². The summed E-state index contributed by atoms with van der Waals surface area (Å²) < 4.78 is 10.3. The number of methoxy groups -OCH3 is 2. The minimum atomic E-state index is -0.512. The fourth-order valence-corrected chi connectivity index (χ4v) is 3.98. The highest BCUT2D eigenvalue weighted by molar-refractivity contribution is 7.14. The summed E-state index contributed by atoms with van der Waals surface area (Å²) in [6, 6.07) is 7.09. The zero-order valence-corrected chi connectivity index (χ0v) is 18.2. The Labute approximate surface area is 178 Å². The Hall–Kier alpha value is -3.46. The highest BCUT2D eigenvalue weighted by Crippen LogP contribution is 2.34. The zero-order chi connectivity index (χ0) is 21.8. The molecule has 0 radical (unpaired) electrons. The van der Waals surface area contributed by atoms with Gasteiger partial charge in [0.25, 0.3) is 0 Å². The number of nitro benzene ring substituents is 1. The lowest BCUT2D eigenvalue weighted by Gasteiger charge is -2.08. The normalized spacial score (nSPS) is 11.0. The monoisotopic (exact) mass is 426 g/mol. The first-order valence-corrected chi connectivity index (χ1v) is 9.95. The van der Waals surface area contributed by atoms with Crippen LogP contribution in [0.25, 0.3) is 11.3 Å². The quantitative estimate of drug-likeness (QED) is 0.320. The second kappa shape index (κ2) is 8.91. The zero-order valence-electron chi connectivity index (χ0n) is 17.3. The number of benzene rings is 2. The summed E-state index contributed by atoms with van der Waals surface area (Å²) in [4.78, 5) is 15.4. The number of anilines is 1. The van der Waals surface area contributed by atoms with Crippen molar-refractivity contribution in [3.63, 3.8) is 0 Å². The number of hydrazone groups is 1. The summed E-state index contributed by atoms with van der Waals surface area (Å²) in [5.74, 6) is 0.532. The lowest BCUT2D eigenvalue weighted by atomic mass is 9.98. The molecule has 1 aromatic heterocycles. The number of aromatic nitrogens is 1. The number of nitrogens with zero attached hydrogens (tertiary/aromatic N) is 3. The van der Waals surface area contributed by atoms with Gasteiger partial charge in [0.15, 0.2) is 0 Å². The van der Waals surface area contributed by atoms with Crippen LogP contribution in [0.5, 0.6) is 11.5 Å². The van der Waals surface area contributed by atoms with E-state index in [4.69, 9.17) is 9.47 Å². The molecule has 0 aliphatic heterocycles. The van der Waals surface area contributed by atoms with Crippen molar-refractivity contribution in [3.8, 4) is 22.8 Å². The summed E-state index contributed by atoms with van der Waals surface area (Å²) in [6.07, 6.45) is 1.45. The van der Waals surface area contributed by atoms with Gasteiger partial charge in [-0.1, -0.05) is 17.7 Å². The second-order valence-corrected chi connectivity index (χ2v) is 7.56. The third-order valence-corrected chi connectivity index (χ3v) is 5.28. The predicted octanol–water partition coefficient (Wildman–Crippen LogP) is 5.11. The van der Waals surface area contributed by atoms with Gasteiger partial charge in [-0.3, -0.25) is 15.5 Å². The minimum absolute atomic E-state index is 0.121. The molecule has 0 bridgehead atoms. The van der Waals surface area contributed by atoms with Crippen molar-refractivity contribution in [3.05, 3.63) is 62.0 Å². The number of thiazole rings is 1. The highest BCUT2D eigenvalue weighted by atomic mass is 32.1. The largest absolute Gasteiger partial charge is 0.496 e. The molecule has 3 aromatic rings. The summed E-state index contributed by atoms with van der Waals surface area (Å²) >= 11 is 1.43. The smallest absolute Gasteiger partial charge is 0.311 e. The Bertz CT molecular complexity index is 1100. The average molecular weight is 426 g/mol. The van der Waals surface area contributed by atoms with Gasteiger partial charge >= 0.3 is 5.69 Å². The van der Waals surface area contributed by atoms with Gasteiger partial charge in [-0.05, 0) is 31.9 Å². The molecule has 0 saturated heterocycles. The van der Waals surface area contributed by atoms with Gasteiger partial charge in [0, 0.05) is 28.6 Å². The van der Waals surface area contributed by atoms with E-state index in [2.05, 4.69) is 48.4 Å². The third kappa shape index (κ3) is 4.41. The van der Waals surface area contributed by atoms with E-state index in [-0.39, 0.29) is 11.4 Å². The fraction of sp³-hybridized carbons (Fsp3) is 0.238. The van der Waals surface area contributed by atoms with Crippen LogP contribution in [-0.2, 0) is 0 Å². The lowest BCUT2D eigenvalue weighted by molar-refractivity contribution is -0.385. The SMILES string of the molecule is COc1cc(OC)c([N+](=O)[O-])cc1/C=N\Nc1nc(-c2c(C)cc(C)cc2C)cs1. The molecule has 0 unspecified atom stereocenters. The second-order valence-electron chi connectivity index (χ2n) is 6.70. The number of hydrogen-bond acceptors (Lipinski definition) is 8. The average Bonchev–Trinajstić information content (AvgIpc) is 3.14. The van der Waals surface area contributed by atoms with Crippen LogP contribution in [0.15, 0.2) is 34.7 Å².